The minimum atomic E-state index is -0.394. The van der Waals surface area contributed by atoms with Gasteiger partial charge in [0.2, 0.25) is 0 Å². The summed E-state index contributed by atoms with van der Waals surface area (Å²) in [6.45, 7) is 9.99. The molecule has 5 heteroatoms. The number of ketones is 1. The molecule has 0 bridgehead atoms. The summed E-state index contributed by atoms with van der Waals surface area (Å²) in [5, 5.41) is 0. The molecule has 2 atom stereocenters. The Balaban J connectivity index is 2.92. The zero-order valence-corrected chi connectivity index (χ0v) is 13.3. The topological polar surface area (TPSA) is 54.0 Å². The van der Waals surface area contributed by atoms with E-state index in [0.717, 1.165) is 0 Å². The third-order valence-corrected chi connectivity index (χ3v) is 2.69. The van der Waals surface area contributed by atoms with Gasteiger partial charge in [-0.15, -0.1) is 0 Å². The van der Waals surface area contributed by atoms with Crippen molar-refractivity contribution in [3.8, 4) is 11.5 Å². The number of ether oxygens (including phenoxy) is 4. The summed E-state index contributed by atoms with van der Waals surface area (Å²) in [5.74, 6) is 1.00. The first-order valence-corrected chi connectivity index (χ1v) is 7.18. The summed E-state index contributed by atoms with van der Waals surface area (Å²) in [7, 11) is 0. The monoisotopic (exact) mass is 296 g/mol. The third kappa shape index (κ3) is 6.14. The molecular formula is C16H24O5. The van der Waals surface area contributed by atoms with Crippen molar-refractivity contribution < 1.29 is 23.7 Å². The maximum atomic E-state index is 11.6. The Morgan fingerprint density at radius 2 is 1.38 bits per heavy atom. The molecule has 0 spiro atoms. The molecule has 1 rings (SSSR count). The van der Waals surface area contributed by atoms with E-state index in [1.165, 1.54) is 6.92 Å². The molecule has 0 saturated heterocycles. The van der Waals surface area contributed by atoms with Crippen LogP contribution in [-0.2, 0) is 9.47 Å². The summed E-state index contributed by atoms with van der Waals surface area (Å²) in [4.78, 5) is 11.6. The van der Waals surface area contributed by atoms with Crippen LogP contribution in [0.2, 0.25) is 0 Å². The van der Waals surface area contributed by atoms with Crippen LogP contribution in [0.3, 0.4) is 0 Å². The number of carbonyl (C=O) groups excluding carboxylic acids is 1. The SMILES string of the molecule is CCOC(C)Oc1cc(OC(C)OCC)cc(C(C)=O)c1. The van der Waals surface area contributed by atoms with Gasteiger partial charge in [-0.2, -0.15) is 0 Å². The molecule has 0 N–H and O–H groups in total. The first-order valence-electron chi connectivity index (χ1n) is 7.18. The van der Waals surface area contributed by atoms with Crippen molar-refractivity contribution in [2.75, 3.05) is 13.2 Å². The number of hydrogen-bond acceptors (Lipinski definition) is 5. The van der Waals surface area contributed by atoms with E-state index in [4.69, 9.17) is 18.9 Å². The van der Waals surface area contributed by atoms with Crippen LogP contribution in [0.1, 0.15) is 45.0 Å². The number of rotatable bonds is 9. The van der Waals surface area contributed by atoms with Crippen LogP contribution in [0.15, 0.2) is 18.2 Å². The van der Waals surface area contributed by atoms with Crippen LogP contribution < -0.4 is 9.47 Å². The van der Waals surface area contributed by atoms with Gasteiger partial charge in [-0.05, 0) is 46.8 Å². The molecule has 1 aromatic carbocycles. The zero-order valence-electron chi connectivity index (χ0n) is 13.3. The van der Waals surface area contributed by atoms with E-state index in [2.05, 4.69) is 0 Å². The molecular weight excluding hydrogens is 272 g/mol. The summed E-state index contributed by atoms with van der Waals surface area (Å²) in [6.07, 6.45) is -0.788. The first-order chi connectivity index (χ1) is 9.96. The highest BCUT2D eigenvalue weighted by atomic mass is 16.7. The van der Waals surface area contributed by atoms with Crippen molar-refractivity contribution in [1.82, 2.24) is 0 Å². The molecule has 0 aromatic heterocycles. The predicted molar refractivity (Wildman–Crippen MR) is 79.9 cm³/mol. The largest absolute Gasteiger partial charge is 0.465 e. The molecule has 2 unspecified atom stereocenters. The van der Waals surface area contributed by atoms with Crippen LogP contribution in [0, 0.1) is 0 Å². The second kappa shape index (κ2) is 8.64. The zero-order chi connectivity index (χ0) is 15.8. The van der Waals surface area contributed by atoms with Crippen LogP contribution in [0.5, 0.6) is 11.5 Å². The van der Waals surface area contributed by atoms with Gasteiger partial charge in [0.15, 0.2) is 18.4 Å². The van der Waals surface area contributed by atoms with Gasteiger partial charge in [0.05, 0.1) is 0 Å². The Morgan fingerprint density at radius 1 is 0.952 bits per heavy atom. The highest BCUT2D eigenvalue weighted by Gasteiger charge is 2.11. The highest BCUT2D eigenvalue weighted by molar-refractivity contribution is 5.94. The maximum absolute atomic E-state index is 11.6. The van der Waals surface area contributed by atoms with Crippen molar-refractivity contribution in [3.05, 3.63) is 23.8 Å². The lowest BCUT2D eigenvalue weighted by Crippen LogP contribution is -2.18. The van der Waals surface area contributed by atoms with Crippen molar-refractivity contribution in [3.63, 3.8) is 0 Å². The van der Waals surface area contributed by atoms with Crippen molar-refractivity contribution in [2.45, 2.75) is 47.2 Å². The molecule has 1 aromatic rings. The molecule has 0 saturated carbocycles. The van der Waals surface area contributed by atoms with E-state index >= 15 is 0 Å². The Hall–Kier alpha value is -1.59. The van der Waals surface area contributed by atoms with E-state index in [1.54, 1.807) is 32.0 Å². The Kier molecular flexibility index (Phi) is 7.19. The molecule has 0 fully saturated rings. The lowest BCUT2D eigenvalue weighted by molar-refractivity contribution is -0.0650. The number of hydrogen-bond donors (Lipinski definition) is 0. The number of carbonyl (C=O) groups is 1. The maximum Gasteiger partial charge on any atom is 0.196 e. The molecule has 118 valence electrons. The fraction of sp³-hybridized carbons (Fsp3) is 0.562. The average molecular weight is 296 g/mol. The highest BCUT2D eigenvalue weighted by Crippen LogP contribution is 2.25. The lowest BCUT2D eigenvalue weighted by Gasteiger charge is -2.18. The Bertz CT molecular complexity index is 426. The van der Waals surface area contributed by atoms with Gasteiger partial charge in [-0.3, -0.25) is 4.79 Å². The van der Waals surface area contributed by atoms with Crippen LogP contribution in [0.25, 0.3) is 0 Å². The minimum absolute atomic E-state index is 0.0570. The molecule has 21 heavy (non-hydrogen) atoms. The van der Waals surface area contributed by atoms with Crippen LogP contribution in [0.4, 0.5) is 0 Å². The predicted octanol–water partition coefficient (Wildman–Crippen LogP) is 3.41. The van der Waals surface area contributed by atoms with E-state index in [0.29, 0.717) is 30.3 Å². The fourth-order valence-corrected chi connectivity index (χ4v) is 1.83. The van der Waals surface area contributed by atoms with E-state index in [9.17, 15) is 4.79 Å². The summed E-state index contributed by atoms with van der Waals surface area (Å²) in [6, 6.07) is 5.07. The number of Topliss-reactive ketones (excluding diaryl/α,β-unsaturated/α-hetero) is 1. The van der Waals surface area contributed by atoms with Crippen molar-refractivity contribution in [1.29, 1.82) is 0 Å². The third-order valence-electron chi connectivity index (χ3n) is 2.69. The minimum Gasteiger partial charge on any atom is -0.465 e. The number of benzene rings is 1. The van der Waals surface area contributed by atoms with Gasteiger partial charge in [0, 0.05) is 24.8 Å². The fourth-order valence-electron chi connectivity index (χ4n) is 1.83. The standard InChI is InChI=1S/C16H24O5/c1-6-18-12(4)20-15-8-14(11(3)17)9-16(10-15)21-13(5)19-7-2/h8-10,12-13H,6-7H2,1-5H3. The van der Waals surface area contributed by atoms with Crippen molar-refractivity contribution in [2.24, 2.45) is 0 Å². The lowest BCUT2D eigenvalue weighted by atomic mass is 10.1. The quantitative estimate of drug-likeness (QED) is 0.516. The Labute approximate surface area is 126 Å². The van der Waals surface area contributed by atoms with Gasteiger partial charge >= 0.3 is 0 Å². The van der Waals surface area contributed by atoms with Crippen molar-refractivity contribution >= 4 is 5.78 Å². The Morgan fingerprint density at radius 3 is 1.71 bits per heavy atom. The molecule has 0 heterocycles. The summed E-state index contributed by atoms with van der Waals surface area (Å²) >= 11 is 0. The van der Waals surface area contributed by atoms with Crippen LogP contribution >= 0.6 is 0 Å². The normalized spacial score (nSPS) is 13.6. The van der Waals surface area contributed by atoms with Gasteiger partial charge in [0.1, 0.15) is 11.5 Å². The van der Waals surface area contributed by atoms with Gasteiger partial charge in [0.25, 0.3) is 0 Å². The molecule has 0 radical (unpaired) electrons. The van der Waals surface area contributed by atoms with Crippen LogP contribution in [-0.4, -0.2) is 31.6 Å². The molecule has 0 amide bonds. The molecule has 5 nitrogen and oxygen atoms in total. The average Bonchev–Trinajstić information content (AvgIpc) is 2.38. The van der Waals surface area contributed by atoms with Gasteiger partial charge < -0.3 is 18.9 Å². The molecule has 0 aliphatic heterocycles. The van der Waals surface area contributed by atoms with Gasteiger partial charge in [-0.25, -0.2) is 0 Å². The second-order valence-corrected chi connectivity index (χ2v) is 4.53. The van der Waals surface area contributed by atoms with Gasteiger partial charge in [-0.1, -0.05) is 0 Å². The summed E-state index contributed by atoms with van der Waals surface area (Å²) < 4.78 is 21.9. The summed E-state index contributed by atoms with van der Waals surface area (Å²) in [5.41, 5.74) is 0.523. The molecule has 0 aliphatic rings. The first kappa shape index (κ1) is 17.5. The molecule has 0 aliphatic carbocycles. The van der Waals surface area contributed by atoms with E-state index < -0.39 is 12.6 Å². The smallest absolute Gasteiger partial charge is 0.196 e. The van der Waals surface area contributed by atoms with E-state index in [-0.39, 0.29) is 5.78 Å². The van der Waals surface area contributed by atoms with E-state index in [1.807, 2.05) is 13.8 Å². The second-order valence-electron chi connectivity index (χ2n) is 4.53.